The Kier molecular flexibility index (Phi) is 6.78. The number of anilines is 3. The third kappa shape index (κ3) is 4.96. The zero-order chi connectivity index (χ0) is 33.7. The van der Waals surface area contributed by atoms with E-state index >= 15 is 0 Å². The Hall–Kier alpha value is -6.91. The predicted octanol–water partition coefficient (Wildman–Crippen LogP) is 13.4. The van der Waals surface area contributed by atoms with Crippen molar-refractivity contribution in [2.75, 3.05) is 4.90 Å². The fourth-order valence-corrected chi connectivity index (χ4v) is 7.28. The summed E-state index contributed by atoms with van der Waals surface area (Å²) in [5.74, 6) is 0.586. The van der Waals surface area contributed by atoms with Crippen LogP contribution in [-0.4, -0.2) is 4.98 Å². The van der Waals surface area contributed by atoms with Gasteiger partial charge in [0, 0.05) is 33.5 Å². The van der Waals surface area contributed by atoms with Crippen molar-refractivity contribution in [2.24, 2.45) is 0 Å². The fourth-order valence-electron chi connectivity index (χ4n) is 7.28. The first-order valence-corrected chi connectivity index (χ1v) is 17.1. The molecule has 0 aliphatic rings. The van der Waals surface area contributed by atoms with E-state index in [1.807, 2.05) is 48.5 Å². The summed E-state index contributed by atoms with van der Waals surface area (Å²) >= 11 is 0. The number of hydrogen-bond acceptors (Lipinski definition) is 4. The molecule has 0 saturated heterocycles. The molecule has 8 aromatic carbocycles. The Morgan fingerprint density at radius 3 is 1.98 bits per heavy atom. The second-order valence-electron chi connectivity index (χ2n) is 12.8. The van der Waals surface area contributed by atoms with Crippen molar-refractivity contribution in [2.45, 2.75) is 0 Å². The van der Waals surface area contributed by atoms with Crippen LogP contribution in [0, 0.1) is 0 Å². The number of hydrogen-bond donors (Lipinski definition) is 0. The van der Waals surface area contributed by atoms with Crippen LogP contribution >= 0.6 is 0 Å². The van der Waals surface area contributed by atoms with Gasteiger partial charge in [0.05, 0.1) is 11.1 Å². The van der Waals surface area contributed by atoms with E-state index < -0.39 is 0 Å². The Balaban J connectivity index is 1.21. The number of benzene rings is 8. The van der Waals surface area contributed by atoms with E-state index in [2.05, 4.69) is 138 Å². The lowest BCUT2D eigenvalue weighted by Crippen LogP contribution is -2.11. The number of aromatic nitrogens is 1. The minimum Gasteiger partial charge on any atom is -0.455 e. The van der Waals surface area contributed by atoms with E-state index in [0.29, 0.717) is 11.5 Å². The van der Waals surface area contributed by atoms with Crippen LogP contribution in [0.1, 0.15) is 0 Å². The molecule has 0 saturated carbocycles. The summed E-state index contributed by atoms with van der Waals surface area (Å²) in [7, 11) is 0. The summed E-state index contributed by atoms with van der Waals surface area (Å²) in [6.07, 6.45) is 0. The standard InChI is InChI=1S/C47H30N2O2/c1-3-15-32(16-4-1)38-22-9-11-24-41(38)49(37-27-26-31-14-7-8-19-34(31)28-37)36-21-13-20-35(29-36)40-30-43-45(48-47(51-43)33-17-5-2-6-18-33)44-39-23-10-12-25-42(39)50-46(40)44/h1-30H. The Morgan fingerprint density at radius 2 is 1.12 bits per heavy atom. The van der Waals surface area contributed by atoms with Crippen molar-refractivity contribution in [3.05, 3.63) is 182 Å². The molecule has 2 heterocycles. The molecule has 0 fully saturated rings. The molecule has 0 spiro atoms. The smallest absolute Gasteiger partial charge is 0.227 e. The van der Waals surface area contributed by atoms with Gasteiger partial charge in [0.25, 0.3) is 0 Å². The molecule has 0 N–H and O–H groups in total. The summed E-state index contributed by atoms with van der Waals surface area (Å²) in [6.45, 7) is 0. The van der Waals surface area contributed by atoms with Crippen LogP contribution in [0.4, 0.5) is 17.1 Å². The normalized spacial score (nSPS) is 11.5. The van der Waals surface area contributed by atoms with E-state index in [1.54, 1.807) is 0 Å². The van der Waals surface area contributed by atoms with Gasteiger partial charge in [-0.25, -0.2) is 4.98 Å². The van der Waals surface area contributed by atoms with Crippen LogP contribution in [0.25, 0.3) is 77.5 Å². The van der Waals surface area contributed by atoms with Crippen molar-refractivity contribution >= 4 is 60.9 Å². The number of para-hydroxylation sites is 2. The van der Waals surface area contributed by atoms with Crippen molar-refractivity contribution in [3.8, 4) is 33.7 Å². The fraction of sp³-hybridized carbons (Fsp3) is 0. The van der Waals surface area contributed by atoms with Gasteiger partial charge in [-0.15, -0.1) is 0 Å². The van der Waals surface area contributed by atoms with Gasteiger partial charge in [0.15, 0.2) is 5.58 Å². The highest BCUT2D eigenvalue weighted by Gasteiger charge is 2.23. The zero-order valence-electron chi connectivity index (χ0n) is 27.5. The molecule has 0 aliphatic heterocycles. The molecule has 0 bridgehead atoms. The molecule has 10 rings (SSSR count). The molecule has 10 aromatic rings. The van der Waals surface area contributed by atoms with Crippen molar-refractivity contribution in [3.63, 3.8) is 0 Å². The number of furan rings is 1. The number of oxazole rings is 1. The number of rotatable bonds is 6. The van der Waals surface area contributed by atoms with E-state index in [9.17, 15) is 0 Å². The van der Waals surface area contributed by atoms with Crippen molar-refractivity contribution in [1.29, 1.82) is 0 Å². The van der Waals surface area contributed by atoms with Gasteiger partial charge in [-0.1, -0.05) is 127 Å². The molecular weight excluding hydrogens is 625 g/mol. The molecule has 4 nitrogen and oxygen atoms in total. The minimum atomic E-state index is 0.586. The quantitative estimate of drug-likeness (QED) is 0.179. The highest BCUT2D eigenvalue weighted by atomic mass is 16.4. The van der Waals surface area contributed by atoms with Crippen molar-refractivity contribution in [1.82, 2.24) is 4.98 Å². The number of fused-ring (bicyclic) bond motifs is 6. The topological polar surface area (TPSA) is 42.4 Å². The number of nitrogens with zero attached hydrogens (tertiary/aromatic N) is 2. The molecule has 0 unspecified atom stereocenters. The molecule has 0 amide bonds. The van der Waals surface area contributed by atoms with E-state index in [-0.39, 0.29) is 0 Å². The summed E-state index contributed by atoms with van der Waals surface area (Å²) in [4.78, 5) is 7.38. The first kappa shape index (κ1) is 29.0. The lowest BCUT2D eigenvalue weighted by atomic mass is 9.99. The van der Waals surface area contributed by atoms with Gasteiger partial charge in [-0.3, -0.25) is 0 Å². The second-order valence-corrected chi connectivity index (χ2v) is 12.8. The van der Waals surface area contributed by atoms with Gasteiger partial charge in [-0.05, 0) is 76.5 Å². The molecule has 0 atom stereocenters. The lowest BCUT2D eigenvalue weighted by Gasteiger charge is -2.28. The molecule has 0 aliphatic carbocycles. The molecule has 240 valence electrons. The maximum atomic E-state index is 6.66. The maximum absolute atomic E-state index is 6.66. The van der Waals surface area contributed by atoms with Crippen LogP contribution in [0.5, 0.6) is 0 Å². The average Bonchev–Trinajstić information content (AvgIpc) is 3.81. The van der Waals surface area contributed by atoms with Crippen LogP contribution in [0.2, 0.25) is 0 Å². The summed E-state index contributed by atoms with van der Waals surface area (Å²) in [5, 5.41) is 4.35. The highest BCUT2D eigenvalue weighted by Crippen LogP contribution is 2.45. The average molecular weight is 655 g/mol. The van der Waals surface area contributed by atoms with Gasteiger partial charge >= 0.3 is 0 Å². The molecular formula is C47H30N2O2. The van der Waals surface area contributed by atoms with Crippen molar-refractivity contribution < 1.29 is 8.83 Å². The van der Waals surface area contributed by atoms with E-state index in [0.717, 1.165) is 72.3 Å². The van der Waals surface area contributed by atoms with E-state index in [4.69, 9.17) is 13.8 Å². The van der Waals surface area contributed by atoms with E-state index in [1.165, 1.54) is 10.8 Å². The molecule has 51 heavy (non-hydrogen) atoms. The molecule has 4 heteroatoms. The SMILES string of the molecule is c1ccc(-c2nc3c(cc(-c4cccc(N(c5ccc6ccccc6c5)c5ccccc5-c5ccccc5)c4)c4oc5ccccc5c43)o2)cc1. The molecule has 2 aromatic heterocycles. The zero-order valence-corrected chi connectivity index (χ0v) is 27.5. The lowest BCUT2D eigenvalue weighted by molar-refractivity contribution is 0.619. The third-order valence-electron chi connectivity index (χ3n) is 9.66. The first-order valence-electron chi connectivity index (χ1n) is 17.1. The van der Waals surface area contributed by atoms with Gasteiger partial charge in [0.2, 0.25) is 5.89 Å². The Bertz CT molecular complexity index is 2870. The summed E-state index contributed by atoms with van der Waals surface area (Å²) in [5.41, 5.74) is 11.5. The summed E-state index contributed by atoms with van der Waals surface area (Å²) < 4.78 is 13.2. The third-order valence-corrected chi connectivity index (χ3v) is 9.66. The molecule has 0 radical (unpaired) electrons. The highest BCUT2D eigenvalue weighted by molar-refractivity contribution is 6.20. The van der Waals surface area contributed by atoms with Crippen LogP contribution < -0.4 is 4.90 Å². The first-order chi connectivity index (χ1) is 25.3. The van der Waals surface area contributed by atoms with Gasteiger partial charge in [-0.2, -0.15) is 0 Å². The van der Waals surface area contributed by atoms with Gasteiger partial charge < -0.3 is 13.7 Å². The van der Waals surface area contributed by atoms with Gasteiger partial charge in [0.1, 0.15) is 16.7 Å². The Morgan fingerprint density at radius 1 is 0.431 bits per heavy atom. The second kappa shape index (κ2) is 11.9. The van der Waals surface area contributed by atoms with Crippen LogP contribution in [-0.2, 0) is 0 Å². The largest absolute Gasteiger partial charge is 0.455 e. The Labute approximate surface area is 294 Å². The predicted molar refractivity (Wildman–Crippen MR) is 210 cm³/mol. The van der Waals surface area contributed by atoms with Crippen LogP contribution in [0.15, 0.2) is 191 Å². The minimum absolute atomic E-state index is 0.586. The van der Waals surface area contributed by atoms with Crippen LogP contribution in [0.3, 0.4) is 0 Å². The monoisotopic (exact) mass is 654 g/mol. The maximum Gasteiger partial charge on any atom is 0.227 e. The summed E-state index contributed by atoms with van der Waals surface area (Å²) in [6, 6.07) is 63.4.